The monoisotopic (exact) mass is 355 g/mol. The Morgan fingerprint density at radius 1 is 1.19 bits per heavy atom. The molecule has 0 atom stereocenters. The lowest BCUT2D eigenvalue weighted by atomic mass is 10.0. The molecule has 6 nitrogen and oxygen atoms in total. The van der Waals surface area contributed by atoms with Crippen molar-refractivity contribution in [1.29, 1.82) is 0 Å². The summed E-state index contributed by atoms with van der Waals surface area (Å²) in [5.41, 5.74) is 1.52. The minimum atomic E-state index is -0.705. The third kappa shape index (κ3) is 3.17. The van der Waals surface area contributed by atoms with E-state index < -0.39 is 11.6 Å². The lowest BCUT2D eigenvalue weighted by Crippen LogP contribution is -2.25. The molecule has 0 bridgehead atoms. The van der Waals surface area contributed by atoms with Gasteiger partial charge < -0.3 is 5.32 Å². The van der Waals surface area contributed by atoms with E-state index in [0.717, 1.165) is 18.9 Å². The van der Waals surface area contributed by atoms with Crippen molar-refractivity contribution < 1.29 is 13.6 Å². The fraction of sp³-hybridized carbons (Fsp3) is 0.222. The maximum atomic E-state index is 14.3. The molecule has 0 unspecified atom stereocenters. The summed E-state index contributed by atoms with van der Waals surface area (Å²) in [5.74, 6) is -1.09. The molecule has 0 aliphatic heterocycles. The van der Waals surface area contributed by atoms with Crippen molar-refractivity contribution in [3.8, 4) is 16.8 Å². The Morgan fingerprint density at radius 2 is 2.00 bits per heavy atom. The summed E-state index contributed by atoms with van der Waals surface area (Å²) in [6.07, 6.45) is 1.91. The second kappa shape index (κ2) is 6.29. The Kier molecular flexibility index (Phi) is 3.95. The van der Waals surface area contributed by atoms with Gasteiger partial charge in [-0.25, -0.2) is 8.78 Å². The van der Waals surface area contributed by atoms with Crippen LogP contribution >= 0.6 is 0 Å². The molecule has 1 aliphatic carbocycles. The molecule has 4 rings (SSSR count). The first kappa shape index (κ1) is 16.3. The topological polar surface area (TPSA) is 72.7 Å². The van der Waals surface area contributed by atoms with Gasteiger partial charge in [-0.15, -0.1) is 5.10 Å². The lowest BCUT2D eigenvalue weighted by Gasteiger charge is -2.11. The molecule has 3 aromatic rings. The molecule has 1 aromatic heterocycles. The van der Waals surface area contributed by atoms with Gasteiger partial charge in [0, 0.05) is 23.2 Å². The van der Waals surface area contributed by atoms with E-state index in [1.54, 1.807) is 25.1 Å². The zero-order valence-electron chi connectivity index (χ0n) is 13.9. The molecule has 1 amide bonds. The molecule has 0 spiro atoms. The van der Waals surface area contributed by atoms with Gasteiger partial charge in [-0.3, -0.25) is 4.79 Å². The number of carbonyl (C=O) groups excluding carboxylic acids is 1. The molecule has 2 aromatic carbocycles. The Balaban J connectivity index is 1.84. The molecule has 1 fully saturated rings. The van der Waals surface area contributed by atoms with Crippen molar-refractivity contribution in [2.75, 3.05) is 0 Å². The predicted octanol–water partition coefficient (Wildman–Crippen LogP) is 2.81. The molecule has 0 saturated heterocycles. The van der Waals surface area contributed by atoms with Gasteiger partial charge in [0.25, 0.3) is 5.91 Å². The summed E-state index contributed by atoms with van der Waals surface area (Å²) in [7, 11) is 0. The van der Waals surface area contributed by atoms with E-state index >= 15 is 0 Å². The first-order valence-electron chi connectivity index (χ1n) is 8.18. The summed E-state index contributed by atoms with van der Waals surface area (Å²) in [5, 5.41) is 14.2. The van der Waals surface area contributed by atoms with Crippen molar-refractivity contribution in [3.05, 3.63) is 59.4 Å². The average molecular weight is 355 g/mol. The van der Waals surface area contributed by atoms with Crippen LogP contribution in [0.2, 0.25) is 0 Å². The quantitative estimate of drug-likeness (QED) is 0.781. The first-order valence-corrected chi connectivity index (χ1v) is 8.18. The van der Waals surface area contributed by atoms with Crippen molar-refractivity contribution in [3.63, 3.8) is 0 Å². The van der Waals surface area contributed by atoms with E-state index in [-0.39, 0.29) is 17.5 Å². The number of aromatic nitrogens is 4. The number of amides is 1. The van der Waals surface area contributed by atoms with Gasteiger partial charge in [0.05, 0.1) is 5.69 Å². The Hall–Kier alpha value is -3.16. The van der Waals surface area contributed by atoms with Crippen LogP contribution < -0.4 is 5.32 Å². The molecule has 1 saturated carbocycles. The van der Waals surface area contributed by atoms with Crippen molar-refractivity contribution in [1.82, 2.24) is 25.5 Å². The maximum absolute atomic E-state index is 14.3. The summed E-state index contributed by atoms with van der Waals surface area (Å²) >= 11 is 0. The van der Waals surface area contributed by atoms with Gasteiger partial charge >= 0.3 is 0 Å². The van der Waals surface area contributed by atoms with Gasteiger partial charge in [-0.2, -0.15) is 4.68 Å². The highest BCUT2D eigenvalue weighted by Crippen LogP contribution is 2.28. The largest absolute Gasteiger partial charge is 0.349 e. The highest BCUT2D eigenvalue weighted by Gasteiger charge is 2.24. The molecule has 26 heavy (non-hydrogen) atoms. The van der Waals surface area contributed by atoms with Gasteiger partial charge in [-0.1, -0.05) is 0 Å². The van der Waals surface area contributed by atoms with Gasteiger partial charge in [0.15, 0.2) is 5.82 Å². The standard InChI is InChI=1S/C18H15F2N5O/c1-10-22-23-24-25(10)15-7-11(16-5-2-13(19)9-17(16)20)6-12(8-15)18(26)21-14-3-4-14/h2,5-9,14H,3-4H2,1H3,(H,21,26). The number of nitrogens with zero attached hydrogens (tertiary/aromatic N) is 4. The number of benzene rings is 2. The number of halogens is 2. The molecule has 132 valence electrons. The molecule has 0 radical (unpaired) electrons. The van der Waals surface area contributed by atoms with Crippen LogP contribution in [0, 0.1) is 18.6 Å². The van der Waals surface area contributed by atoms with E-state index in [1.165, 1.54) is 16.8 Å². The number of carbonyl (C=O) groups is 1. The Morgan fingerprint density at radius 3 is 2.65 bits per heavy atom. The van der Waals surface area contributed by atoms with Crippen LogP contribution in [-0.4, -0.2) is 32.2 Å². The summed E-state index contributed by atoms with van der Waals surface area (Å²) in [6, 6.07) is 8.41. The van der Waals surface area contributed by atoms with Crippen molar-refractivity contribution in [2.45, 2.75) is 25.8 Å². The Labute approximate surface area is 147 Å². The fourth-order valence-corrected chi connectivity index (χ4v) is 2.71. The molecular formula is C18H15F2N5O. The highest BCUT2D eigenvalue weighted by molar-refractivity contribution is 5.96. The summed E-state index contributed by atoms with van der Waals surface area (Å²) in [6.45, 7) is 1.72. The zero-order chi connectivity index (χ0) is 18.3. The summed E-state index contributed by atoms with van der Waals surface area (Å²) < 4.78 is 29.0. The van der Waals surface area contributed by atoms with Crippen LogP contribution in [0.4, 0.5) is 8.78 Å². The van der Waals surface area contributed by atoms with E-state index in [4.69, 9.17) is 0 Å². The van der Waals surface area contributed by atoms with Crippen molar-refractivity contribution >= 4 is 5.91 Å². The van der Waals surface area contributed by atoms with Gasteiger partial charge in [0.2, 0.25) is 0 Å². The number of hydrogen-bond donors (Lipinski definition) is 1. The van der Waals surface area contributed by atoms with E-state index in [1.807, 2.05) is 0 Å². The van der Waals surface area contributed by atoms with Crippen LogP contribution in [0.15, 0.2) is 36.4 Å². The van der Waals surface area contributed by atoms with E-state index in [9.17, 15) is 13.6 Å². The predicted molar refractivity (Wildman–Crippen MR) is 89.7 cm³/mol. The van der Waals surface area contributed by atoms with E-state index in [2.05, 4.69) is 20.8 Å². The number of rotatable bonds is 4. The van der Waals surface area contributed by atoms with Crippen LogP contribution in [0.1, 0.15) is 29.0 Å². The highest BCUT2D eigenvalue weighted by atomic mass is 19.1. The lowest BCUT2D eigenvalue weighted by molar-refractivity contribution is 0.0951. The van der Waals surface area contributed by atoms with Crippen LogP contribution in [-0.2, 0) is 0 Å². The SMILES string of the molecule is Cc1nnnn1-c1cc(C(=O)NC2CC2)cc(-c2ccc(F)cc2F)c1. The third-order valence-electron chi connectivity index (χ3n) is 4.20. The van der Waals surface area contributed by atoms with Gasteiger partial charge in [0.1, 0.15) is 11.6 Å². The van der Waals surface area contributed by atoms with Crippen LogP contribution in [0.25, 0.3) is 16.8 Å². The Bertz CT molecular complexity index is 997. The van der Waals surface area contributed by atoms with Gasteiger partial charge in [-0.05, 0) is 66.1 Å². The third-order valence-corrected chi connectivity index (χ3v) is 4.20. The molecular weight excluding hydrogens is 340 g/mol. The second-order valence-electron chi connectivity index (χ2n) is 6.28. The summed E-state index contributed by atoms with van der Waals surface area (Å²) in [4.78, 5) is 12.5. The fourth-order valence-electron chi connectivity index (χ4n) is 2.71. The normalized spacial score (nSPS) is 13.7. The minimum Gasteiger partial charge on any atom is -0.349 e. The first-order chi connectivity index (χ1) is 12.5. The number of hydrogen-bond acceptors (Lipinski definition) is 4. The number of nitrogens with one attached hydrogen (secondary N) is 1. The smallest absolute Gasteiger partial charge is 0.251 e. The molecule has 8 heteroatoms. The average Bonchev–Trinajstić information content (AvgIpc) is 3.32. The maximum Gasteiger partial charge on any atom is 0.251 e. The number of tetrazole rings is 1. The van der Waals surface area contributed by atoms with E-state index in [0.29, 0.717) is 22.6 Å². The minimum absolute atomic E-state index is 0.187. The molecule has 1 heterocycles. The van der Waals surface area contributed by atoms with Crippen LogP contribution in [0.5, 0.6) is 0 Å². The molecule has 1 aliphatic rings. The second-order valence-corrected chi connectivity index (χ2v) is 6.28. The molecule has 1 N–H and O–H groups in total. The zero-order valence-corrected chi connectivity index (χ0v) is 13.9. The van der Waals surface area contributed by atoms with Crippen LogP contribution in [0.3, 0.4) is 0 Å². The number of aryl methyl sites for hydroxylation is 1. The van der Waals surface area contributed by atoms with Crippen molar-refractivity contribution in [2.24, 2.45) is 0 Å².